The first-order valence-electron chi connectivity index (χ1n) is 11.4. The van der Waals surface area contributed by atoms with Crippen LogP contribution in [0.2, 0.25) is 0 Å². The van der Waals surface area contributed by atoms with Crippen LogP contribution in [0, 0.1) is 24.2 Å². The quantitative estimate of drug-likeness (QED) is 0.283. The second kappa shape index (κ2) is 11.5. The minimum Gasteiger partial charge on any atom is -0.370 e. The minimum atomic E-state index is -1.69. The van der Waals surface area contributed by atoms with Gasteiger partial charge in [0.2, 0.25) is 11.8 Å². The maximum Gasteiger partial charge on any atom is 0.234 e. The molecule has 3 atom stereocenters. The van der Waals surface area contributed by atoms with E-state index in [1.807, 2.05) is 54.8 Å². The fourth-order valence-electron chi connectivity index (χ4n) is 4.21. The predicted molar refractivity (Wildman–Crippen MR) is 152 cm³/mol. The van der Waals surface area contributed by atoms with E-state index in [0.717, 1.165) is 26.7 Å². The summed E-state index contributed by atoms with van der Waals surface area (Å²) in [7, 11) is 0. The number of benzene rings is 2. The lowest BCUT2D eigenvalue weighted by molar-refractivity contribution is -0.131. The fourth-order valence-corrected chi connectivity index (χ4v) is 6.31. The number of halogens is 1. The van der Waals surface area contributed by atoms with E-state index >= 15 is 0 Å². The van der Waals surface area contributed by atoms with Gasteiger partial charge in [0.1, 0.15) is 5.72 Å². The average Bonchev–Trinajstić information content (AvgIpc) is 3.39. The van der Waals surface area contributed by atoms with Crippen molar-refractivity contribution in [2.24, 2.45) is 5.92 Å². The number of carbonyl (C=O) groups is 2. The van der Waals surface area contributed by atoms with Crippen LogP contribution < -0.4 is 16.0 Å². The van der Waals surface area contributed by atoms with Gasteiger partial charge in [-0.25, -0.2) is 0 Å². The Morgan fingerprint density at radius 3 is 2.54 bits per heavy atom. The number of aryl methyl sites for hydroxylation is 1. The predicted octanol–water partition coefficient (Wildman–Crippen LogP) is 5.58. The topological polar surface area (TPSA) is 114 Å². The van der Waals surface area contributed by atoms with Crippen LogP contribution in [0.4, 0.5) is 11.4 Å². The normalized spacial score (nSPS) is 21.1. The third-order valence-electron chi connectivity index (χ3n) is 5.99. The Morgan fingerprint density at radius 1 is 1.16 bits per heavy atom. The first-order chi connectivity index (χ1) is 17.7. The van der Waals surface area contributed by atoms with Crippen molar-refractivity contribution in [3.8, 4) is 6.07 Å². The number of nitriles is 1. The van der Waals surface area contributed by atoms with Crippen LogP contribution in [-0.4, -0.2) is 28.4 Å². The molecule has 2 aromatic carbocycles. The number of hydrogen-bond acceptors (Lipinski definition) is 7. The van der Waals surface area contributed by atoms with Gasteiger partial charge in [0.15, 0.2) is 0 Å². The summed E-state index contributed by atoms with van der Waals surface area (Å²) in [4.78, 5) is 27.0. The van der Waals surface area contributed by atoms with E-state index in [-0.39, 0.29) is 11.7 Å². The Hall–Kier alpha value is -3.10. The molecule has 0 aliphatic carbocycles. The molecule has 10 heteroatoms. The highest BCUT2D eigenvalue weighted by atomic mass is 79.9. The van der Waals surface area contributed by atoms with Crippen LogP contribution in [0.3, 0.4) is 0 Å². The van der Waals surface area contributed by atoms with Gasteiger partial charge in [-0.15, -0.1) is 11.3 Å². The number of allylic oxidation sites excluding steroid dienone is 1. The third kappa shape index (κ3) is 6.25. The van der Waals surface area contributed by atoms with E-state index in [9.17, 15) is 20.0 Å². The summed E-state index contributed by atoms with van der Waals surface area (Å²) in [5.74, 6) is -2.35. The summed E-state index contributed by atoms with van der Waals surface area (Å²) >= 11 is 5.90. The number of thioether (sulfide) groups is 1. The number of hydrogen-bond donors (Lipinski definition) is 4. The first kappa shape index (κ1) is 26.9. The molecule has 4 N–H and O–H groups in total. The number of carbonyl (C=O) groups excluding carboxylic acids is 2. The molecule has 4 rings (SSSR count). The largest absolute Gasteiger partial charge is 0.370 e. The number of amides is 2. The zero-order valence-electron chi connectivity index (χ0n) is 20.1. The lowest BCUT2D eigenvalue weighted by Crippen LogP contribution is -2.57. The molecule has 190 valence electrons. The molecule has 0 radical (unpaired) electrons. The summed E-state index contributed by atoms with van der Waals surface area (Å²) in [5, 5.41) is 32.7. The molecule has 2 heterocycles. The molecule has 0 saturated heterocycles. The SMILES string of the molecule is Cc1ccccc1NC(=O)[C@@H]1[C@H](c2cccs2)C(C#N)=C(SCC(=O)Nc2ccc(Br)cc2)N[C@@]1(C)O. The Labute approximate surface area is 232 Å². The summed E-state index contributed by atoms with van der Waals surface area (Å²) in [6.45, 7) is 3.41. The van der Waals surface area contributed by atoms with E-state index in [2.05, 4.69) is 37.9 Å². The van der Waals surface area contributed by atoms with Gasteiger partial charge in [-0.05, 0) is 61.2 Å². The monoisotopic (exact) mass is 596 g/mol. The third-order valence-corrected chi connectivity index (χ3v) is 8.49. The smallest absolute Gasteiger partial charge is 0.234 e. The van der Waals surface area contributed by atoms with Crippen LogP contribution in [-0.2, 0) is 9.59 Å². The number of rotatable bonds is 7. The molecule has 7 nitrogen and oxygen atoms in total. The fraction of sp³-hybridized carbons (Fsp3) is 0.222. The maximum atomic E-state index is 13.6. The van der Waals surface area contributed by atoms with E-state index < -0.39 is 23.5 Å². The van der Waals surface area contributed by atoms with Gasteiger partial charge in [-0.1, -0.05) is 52.0 Å². The summed E-state index contributed by atoms with van der Waals surface area (Å²) in [5.41, 5.74) is 0.792. The van der Waals surface area contributed by atoms with Crippen molar-refractivity contribution < 1.29 is 14.7 Å². The molecular weight excluding hydrogens is 572 g/mol. The highest BCUT2D eigenvalue weighted by Gasteiger charge is 2.50. The van der Waals surface area contributed by atoms with Crippen LogP contribution in [0.15, 0.2) is 81.1 Å². The Bertz CT molecular complexity index is 1370. The maximum absolute atomic E-state index is 13.6. The van der Waals surface area contributed by atoms with Crippen LogP contribution in [0.25, 0.3) is 0 Å². The number of aliphatic hydroxyl groups is 1. The molecule has 0 bridgehead atoms. The molecule has 1 aliphatic rings. The zero-order valence-corrected chi connectivity index (χ0v) is 23.3. The van der Waals surface area contributed by atoms with E-state index in [0.29, 0.717) is 22.0 Å². The summed E-state index contributed by atoms with van der Waals surface area (Å²) < 4.78 is 0.901. The van der Waals surface area contributed by atoms with Crippen molar-refractivity contribution in [3.63, 3.8) is 0 Å². The molecule has 3 aromatic rings. The molecule has 0 spiro atoms. The van der Waals surface area contributed by atoms with Crippen LogP contribution in [0.5, 0.6) is 0 Å². The summed E-state index contributed by atoms with van der Waals surface area (Å²) in [6.07, 6.45) is 0. The van der Waals surface area contributed by atoms with E-state index in [1.54, 1.807) is 18.2 Å². The first-order valence-corrected chi connectivity index (χ1v) is 14.1. The number of thiophene rings is 1. The van der Waals surface area contributed by atoms with Crippen LogP contribution >= 0.6 is 39.0 Å². The molecule has 2 amide bonds. The number of nitrogens with zero attached hydrogens (tertiary/aromatic N) is 1. The minimum absolute atomic E-state index is 0.0108. The lowest BCUT2D eigenvalue weighted by atomic mass is 9.76. The molecule has 0 saturated carbocycles. The molecule has 0 unspecified atom stereocenters. The standard InChI is InChI=1S/C27H25BrN4O3S2/c1-16-6-3-4-7-20(16)31-25(34)24-23(21-8-5-13-36-21)19(14-29)26(32-27(24,2)35)37-15-22(33)30-18-11-9-17(28)10-12-18/h3-13,23-24,32,35H,15H2,1-2H3,(H,30,33)(H,31,34)/t23-,24-,27-/m0/s1. The number of anilines is 2. The Kier molecular flexibility index (Phi) is 8.39. The van der Waals surface area contributed by atoms with E-state index in [4.69, 9.17) is 0 Å². The van der Waals surface area contributed by atoms with Crippen molar-refractivity contribution in [3.05, 3.63) is 91.6 Å². The highest BCUT2D eigenvalue weighted by Crippen LogP contribution is 2.46. The second-order valence-corrected chi connectivity index (χ2v) is 11.6. The molecule has 0 fully saturated rings. The molecule has 1 aliphatic heterocycles. The number of para-hydroxylation sites is 1. The van der Waals surface area contributed by atoms with Crippen molar-refractivity contribution in [2.75, 3.05) is 16.4 Å². The van der Waals surface area contributed by atoms with Crippen molar-refractivity contribution in [1.29, 1.82) is 5.26 Å². The zero-order chi connectivity index (χ0) is 26.6. The van der Waals surface area contributed by atoms with Gasteiger partial charge in [0.05, 0.1) is 28.3 Å². The van der Waals surface area contributed by atoms with E-state index in [1.165, 1.54) is 18.3 Å². The van der Waals surface area contributed by atoms with Gasteiger partial charge in [-0.3, -0.25) is 9.59 Å². The molecule has 37 heavy (non-hydrogen) atoms. The highest BCUT2D eigenvalue weighted by molar-refractivity contribution is 9.10. The van der Waals surface area contributed by atoms with Gasteiger partial charge in [-0.2, -0.15) is 5.26 Å². The van der Waals surface area contributed by atoms with Crippen molar-refractivity contribution in [2.45, 2.75) is 25.5 Å². The summed E-state index contributed by atoms with van der Waals surface area (Å²) in [6, 6.07) is 20.5. The molecular formula is C27H25BrN4O3S2. The Morgan fingerprint density at radius 2 is 1.89 bits per heavy atom. The van der Waals surface area contributed by atoms with Crippen molar-refractivity contribution in [1.82, 2.24) is 5.32 Å². The lowest BCUT2D eigenvalue weighted by Gasteiger charge is -2.43. The van der Waals surface area contributed by atoms with Crippen LogP contribution in [0.1, 0.15) is 23.3 Å². The van der Waals surface area contributed by atoms with Gasteiger partial charge >= 0.3 is 0 Å². The van der Waals surface area contributed by atoms with Gasteiger partial charge in [0.25, 0.3) is 0 Å². The Balaban J connectivity index is 1.62. The number of nitrogens with one attached hydrogen (secondary N) is 3. The average molecular weight is 598 g/mol. The van der Waals surface area contributed by atoms with Gasteiger partial charge in [0, 0.05) is 26.6 Å². The molecule has 1 aromatic heterocycles. The van der Waals surface area contributed by atoms with Crippen molar-refractivity contribution >= 4 is 62.2 Å². The second-order valence-electron chi connectivity index (χ2n) is 8.75. The van der Waals surface area contributed by atoms with Gasteiger partial charge < -0.3 is 21.1 Å².